The molecule has 1 aromatic heterocycles. The third kappa shape index (κ3) is 3.24. The van der Waals surface area contributed by atoms with Gasteiger partial charge in [-0.1, -0.05) is 29.8 Å². The molecule has 0 saturated carbocycles. The monoisotopic (exact) mass is 342 g/mol. The number of benzene rings is 2. The number of aromatic nitrogens is 1. The van der Waals surface area contributed by atoms with Gasteiger partial charge in [0.2, 0.25) is 5.91 Å². The summed E-state index contributed by atoms with van der Waals surface area (Å²) >= 11 is 5.85. The van der Waals surface area contributed by atoms with Gasteiger partial charge in [0.1, 0.15) is 5.82 Å². The van der Waals surface area contributed by atoms with Crippen molar-refractivity contribution in [2.24, 2.45) is 0 Å². The first-order valence-electron chi connectivity index (χ1n) is 7.55. The fourth-order valence-electron chi connectivity index (χ4n) is 2.78. The molecule has 3 nitrogen and oxygen atoms in total. The second kappa shape index (κ2) is 6.57. The van der Waals surface area contributed by atoms with Crippen LogP contribution in [0.1, 0.15) is 16.8 Å². The molecule has 0 aliphatic carbocycles. The number of fused-ring (bicyclic) bond motifs is 1. The van der Waals surface area contributed by atoms with Crippen molar-refractivity contribution in [2.75, 3.05) is 5.32 Å². The van der Waals surface area contributed by atoms with Gasteiger partial charge in [-0.3, -0.25) is 9.78 Å². The maximum atomic E-state index is 13.7. The standard InChI is InChI=1S/C19H16ClFN2O/c1-11-14-5-3-4-6-17(14)22-12(2)15(11)10-19(24)23-18-9-13(20)7-8-16(18)21/h3-9H,10H2,1-2H3,(H,23,24). The highest BCUT2D eigenvalue weighted by Gasteiger charge is 2.14. The van der Waals surface area contributed by atoms with E-state index in [-0.39, 0.29) is 18.0 Å². The number of hydrogen-bond acceptors (Lipinski definition) is 2. The summed E-state index contributed by atoms with van der Waals surface area (Å²) in [6, 6.07) is 11.9. The number of pyridine rings is 1. The van der Waals surface area contributed by atoms with Gasteiger partial charge in [-0.25, -0.2) is 4.39 Å². The van der Waals surface area contributed by atoms with Crippen LogP contribution in [0.5, 0.6) is 0 Å². The van der Waals surface area contributed by atoms with E-state index in [0.29, 0.717) is 5.02 Å². The van der Waals surface area contributed by atoms with E-state index in [1.165, 1.54) is 18.2 Å². The highest BCUT2D eigenvalue weighted by molar-refractivity contribution is 6.30. The molecule has 0 unspecified atom stereocenters. The third-order valence-corrected chi connectivity index (χ3v) is 4.26. The molecule has 0 radical (unpaired) electrons. The van der Waals surface area contributed by atoms with Crippen LogP contribution in [0, 0.1) is 19.7 Å². The number of anilines is 1. The van der Waals surface area contributed by atoms with Crippen LogP contribution in [0.2, 0.25) is 5.02 Å². The van der Waals surface area contributed by atoms with Crippen LogP contribution in [-0.4, -0.2) is 10.9 Å². The van der Waals surface area contributed by atoms with E-state index < -0.39 is 5.82 Å². The lowest BCUT2D eigenvalue weighted by Crippen LogP contribution is -2.17. The molecule has 0 saturated heterocycles. The zero-order valence-electron chi connectivity index (χ0n) is 13.4. The number of carbonyl (C=O) groups is 1. The van der Waals surface area contributed by atoms with Gasteiger partial charge in [0, 0.05) is 16.1 Å². The molecule has 3 aromatic rings. The largest absolute Gasteiger partial charge is 0.323 e. The molecule has 0 fully saturated rings. The minimum atomic E-state index is -0.516. The van der Waals surface area contributed by atoms with Crippen molar-refractivity contribution in [1.29, 1.82) is 0 Å². The van der Waals surface area contributed by atoms with E-state index in [2.05, 4.69) is 10.3 Å². The third-order valence-electron chi connectivity index (χ3n) is 4.03. The van der Waals surface area contributed by atoms with E-state index in [1.807, 2.05) is 38.1 Å². The number of carbonyl (C=O) groups excluding carboxylic acids is 1. The van der Waals surface area contributed by atoms with Crippen molar-refractivity contribution in [2.45, 2.75) is 20.3 Å². The molecular formula is C19H16ClFN2O. The van der Waals surface area contributed by atoms with Crippen LogP contribution in [0.25, 0.3) is 10.9 Å². The second-order valence-electron chi connectivity index (χ2n) is 5.67. The predicted molar refractivity (Wildman–Crippen MR) is 95.0 cm³/mol. The summed E-state index contributed by atoms with van der Waals surface area (Å²) in [5.41, 5.74) is 3.65. The fourth-order valence-corrected chi connectivity index (χ4v) is 2.95. The van der Waals surface area contributed by atoms with Crippen LogP contribution >= 0.6 is 11.6 Å². The number of halogens is 2. The van der Waals surface area contributed by atoms with Crippen LogP contribution < -0.4 is 5.32 Å². The van der Waals surface area contributed by atoms with Crippen molar-refractivity contribution >= 4 is 34.1 Å². The minimum absolute atomic E-state index is 0.0801. The number of rotatable bonds is 3. The van der Waals surface area contributed by atoms with Gasteiger partial charge >= 0.3 is 0 Å². The first-order valence-corrected chi connectivity index (χ1v) is 7.93. The fraction of sp³-hybridized carbons (Fsp3) is 0.158. The van der Waals surface area contributed by atoms with E-state index in [1.54, 1.807) is 0 Å². The zero-order valence-corrected chi connectivity index (χ0v) is 14.1. The quantitative estimate of drug-likeness (QED) is 0.741. The number of amides is 1. The average molecular weight is 343 g/mol. The molecule has 0 bridgehead atoms. The highest BCUT2D eigenvalue weighted by atomic mass is 35.5. The molecule has 1 N–H and O–H groups in total. The van der Waals surface area contributed by atoms with E-state index in [0.717, 1.165) is 27.7 Å². The topological polar surface area (TPSA) is 42.0 Å². The number of nitrogens with zero attached hydrogens (tertiary/aromatic N) is 1. The van der Waals surface area contributed by atoms with Gasteiger partial charge in [-0.05, 0) is 49.2 Å². The smallest absolute Gasteiger partial charge is 0.228 e. The second-order valence-corrected chi connectivity index (χ2v) is 6.10. The van der Waals surface area contributed by atoms with Crippen LogP contribution in [-0.2, 0) is 11.2 Å². The summed E-state index contributed by atoms with van der Waals surface area (Å²) < 4.78 is 13.7. The summed E-state index contributed by atoms with van der Waals surface area (Å²) in [6.07, 6.45) is 0.126. The van der Waals surface area contributed by atoms with Crippen molar-refractivity contribution < 1.29 is 9.18 Å². The molecular weight excluding hydrogens is 327 g/mol. The van der Waals surface area contributed by atoms with Gasteiger partial charge in [0.05, 0.1) is 17.6 Å². The first-order chi connectivity index (χ1) is 11.5. The van der Waals surface area contributed by atoms with Gasteiger partial charge in [-0.15, -0.1) is 0 Å². The maximum absolute atomic E-state index is 13.7. The van der Waals surface area contributed by atoms with Crippen LogP contribution in [0.15, 0.2) is 42.5 Å². The van der Waals surface area contributed by atoms with E-state index >= 15 is 0 Å². The SMILES string of the molecule is Cc1nc2ccccc2c(C)c1CC(=O)Nc1cc(Cl)ccc1F. The van der Waals surface area contributed by atoms with Crippen LogP contribution in [0.4, 0.5) is 10.1 Å². The van der Waals surface area contributed by atoms with Gasteiger partial charge in [0.15, 0.2) is 0 Å². The van der Waals surface area contributed by atoms with Crippen molar-refractivity contribution in [1.82, 2.24) is 4.98 Å². The summed E-state index contributed by atoms with van der Waals surface area (Å²) in [6.45, 7) is 3.85. The average Bonchev–Trinajstić information content (AvgIpc) is 2.55. The summed E-state index contributed by atoms with van der Waals surface area (Å²) in [5.74, 6) is -0.822. The molecule has 3 rings (SSSR count). The van der Waals surface area contributed by atoms with E-state index in [4.69, 9.17) is 11.6 Å². The van der Waals surface area contributed by atoms with Gasteiger partial charge in [0.25, 0.3) is 0 Å². The number of nitrogens with one attached hydrogen (secondary N) is 1. The molecule has 1 amide bonds. The minimum Gasteiger partial charge on any atom is -0.323 e. The van der Waals surface area contributed by atoms with Gasteiger partial charge < -0.3 is 5.32 Å². The molecule has 0 aliphatic heterocycles. The van der Waals surface area contributed by atoms with Crippen molar-refractivity contribution in [3.05, 3.63) is 70.1 Å². The Balaban J connectivity index is 1.89. The normalized spacial score (nSPS) is 10.8. The highest BCUT2D eigenvalue weighted by Crippen LogP contribution is 2.24. The molecule has 0 aliphatic rings. The maximum Gasteiger partial charge on any atom is 0.228 e. The Morgan fingerprint density at radius 3 is 2.75 bits per heavy atom. The molecule has 24 heavy (non-hydrogen) atoms. The molecule has 1 heterocycles. The van der Waals surface area contributed by atoms with E-state index in [9.17, 15) is 9.18 Å². The molecule has 122 valence electrons. The lowest BCUT2D eigenvalue weighted by molar-refractivity contribution is -0.115. The Morgan fingerprint density at radius 2 is 1.96 bits per heavy atom. The molecule has 5 heteroatoms. The Bertz CT molecular complexity index is 940. The van der Waals surface area contributed by atoms with Gasteiger partial charge in [-0.2, -0.15) is 0 Å². The first kappa shape index (κ1) is 16.4. The Morgan fingerprint density at radius 1 is 1.21 bits per heavy atom. The molecule has 2 aromatic carbocycles. The zero-order chi connectivity index (χ0) is 17.3. The summed E-state index contributed by atoms with van der Waals surface area (Å²) in [5, 5.41) is 3.96. The Hall–Kier alpha value is -2.46. The number of para-hydroxylation sites is 1. The molecule has 0 spiro atoms. The van der Waals surface area contributed by atoms with Crippen molar-refractivity contribution in [3.8, 4) is 0 Å². The predicted octanol–water partition coefficient (Wildman–Crippen LogP) is 4.83. The Labute approximate surface area is 144 Å². The summed E-state index contributed by atoms with van der Waals surface area (Å²) in [7, 11) is 0. The summed E-state index contributed by atoms with van der Waals surface area (Å²) in [4.78, 5) is 16.9. The molecule has 0 atom stereocenters. The lowest BCUT2D eigenvalue weighted by atomic mass is 9.99. The number of hydrogen-bond donors (Lipinski definition) is 1. The van der Waals surface area contributed by atoms with Crippen molar-refractivity contribution in [3.63, 3.8) is 0 Å². The van der Waals surface area contributed by atoms with Crippen LogP contribution in [0.3, 0.4) is 0 Å². The number of aryl methyl sites for hydroxylation is 2. The lowest BCUT2D eigenvalue weighted by Gasteiger charge is -2.13. The Kier molecular flexibility index (Phi) is 4.49.